The van der Waals surface area contributed by atoms with Crippen molar-refractivity contribution in [2.24, 2.45) is 0 Å². The first kappa shape index (κ1) is 19.5. The molecule has 0 bridgehead atoms. The van der Waals surface area contributed by atoms with Crippen LogP contribution in [0, 0.1) is 0 Å². The number of rotatable bonds is 6. The predicted octanol–water partition coefficient (Wildman–Crippen LogP) is 3.19. The van der Waals surface area contributed by atoms with Crippen LogP contribution in [0.4, 0.5) is 4.79 Å². The highest BCUT2D eigenvalue weighted by molar-refractivity contribution is 5.68. The lowest BCUT2D eigenvalue weighted by Crippen LogP contribution is -2.51. The van der Waals surface area contributed by atoms with E-state index in [2.05, 4.69) is 37.5 Å². The Balaban J connectivity index is 1.68. The second-order valence-corrected chi connectivity index (χ2v) is 7.90. The van der Waals surface area contributed by atoms with Gasteiger partial charge in [0.15, 0.2) is 0 Å². The van der Waals surface area contributed by atoms with Crippen LogP contribution >= 0.6 is 0 Å². The van der Waals surface area contributed by atoms with E-state index in [0.29, 0.717) is 12.1 Å². The quantitative estimate of drug-likeness (QED) is 0.744. The fourth-order valence-corrected chi connectivity index (χ4v) is 3.92. The molecule has 140 valence electrons. The van der Waals surface area contributed by atoms with Crippen LogP contribution in [0.5, 0.6) is 0 Å². The lowest BCUT2D eigenvalue weighted by atomic mass is 9.98. The third kappa shape index (κ3) is 5.92. The van der Waals surface area contributed by atoms with Crippen LogP contribution in [0.1, 0.15) is 59.8 Å². The Morgan fingerprint density at radius 3 is 2.12 bits per heavy atom. The predicted molar refractivity (Wildman–Crippen MR) is 98.3 cm³/mol. The van der Waals surface area contributed by atoms with Gasteiger partial charge in [-0.15, -0.1) is 0 Å². The highest BCUT2D eigenvalue weighted by Gasteiger charge is 2.26. The van der Waals surface area contributed by atoms with Gasteiger partial charge < -0.3 is 9.64 Å². The summed E-state index contributed by atoms with van der Waals surface area (Å²) in [5.41, 5.74) is 0. The van der Waals surface area contributed by atoms with Crippen LogP contribution < -0.4 is 0 Å². The Kier molecular flexibility index (Phi) is 7.82. The summed E-state index contributed by atoms with van der Waals surface area (Å²) >= 11 is 0. The molecule has 0 spiro atoms. The zero-order valence-corrected chi connectivity index (χ0v) is 16.2. The molecule has 1 aliphatic carbocycles. The molecule has 5 nitrogen and oxygen atoms in total. The number of hydrogen-bond acceptors (Lipinski definition) is 4. The highest BCUT2D eigenvalue weighted by Crippen LogP contribution is 2.21. The highest BCUT2D eigenvalue weighted by atomic mass is 16.6. The fraction of sp³-hybridized carbons (Fsp3) is 0.947. The first-order valence-corrected chi connectivity index (χ1v) is 9.91. The Morgan fingerprint density at radius 2 is 1.58 bits per heavy atom. The van der Waals surface area contributed by atoms with Gasteiger partial charge in [-0.25, -0.2) is 4.79 Å². The summed E-state index contributed by atoms with van der Waals surface area (Å²) in [4.78, 5) is 19.2. The Hall–Kier alpha value is -0.810. The maximum absolute atomic E-state index is 12.3. The van der Waals surface area contributed by atoms with Crippen LogP contribution in [-0.4, -0.2) is 78.2 Å². The molecule has 0 unspecified atom stereocenters. The van der Waals surface area contributed by atoms with Crippen LogP contribution in [0.25, 0.3) is 0 Å². The fourth-order valence-electron chi connectivity index (χ4n) is 3.92. The van der Waals surface area contributed by atoms with Crippen LogP contribution in [0.2, 0.25) is 0 Å². The van der Waals surface area contributed by atoms with E-state index in [1.807, 2.05) is 4.90 Å². The van der Waals surface area contributed by atoms with E-state index in [0.717, 1.165) is 52.1 Å². The third-order valence-corrected chi connectivity index (χ3v) is 5.45. The lowest BCUT2D eigenvalue weighted by molar-refractivity contribution is 0.0309. The van der Waals surface area contributed by atoms with Gasteiger partial charge >= 0.3 is 6.09 Å². The molecule has 1 amide bonds. The maximum atomic E-state index is 12.3. The summed E-state index contributed by atoms with van der Waals surface area (Å²) in [5.74, 6) is 0. The third-order valence-electron chi connectivity index (χ3n) is 5.45. The molecule has 1 saturated heterocycles. The molecule has 0 aromatic heterocycles. The van der Waals surface area contributed by atoms with E-state index in [1.165, 1.54) is 19.3 Å². The van der Waals surface area contributed by atoms with Gasteiger partial charge in [0.1, 0.15) is 6.10 Å². The first-order valence-electron chi connectivity index (χ1n) is 9.91. The van der Waals surface area contributed by atoms with Crippen molar-refractivity contribution in [2.75, 3.05) is 39.3 Å². The van der Waals surface area contributed by atoms with E-state index >= 15 is 0 Å². The number of amides is 1. The van der Waals surface area contributed by atoms with Crippen LogP contribution in [-0.2, 0) is 4.74 Å². The van der Waals surface area contributed by atoms with Crippen molar-refractivity contribution in [1.29, 1.82) is 0 Å². The minimum atomic E-state index is -0.0902. The van der Waals surface area contributed by atoms with E-state index in [-0.39, 0.29) is 12.2 Å². The SMILES string of the molecule is CC(C)N(CCN1CCN(C(=O)OC2CCCCC2)CC1)C(C)C. The average molecular weight is 340 g/mol. The molecule has 0 atom stereocenters. The molecule has 0 N–H and O–H groups in total. The zero-order chi connectivity index (χ0) is 17.5. The smallest absolute Gasteiger partial charge is 0.410 e. The molecule has 0 aromatic carbocycles. The normalized spacial score (nSPS) is 21.0. The molecule has 24 heavy (non-hydrogen) atoms. The number of hydrogen-bond donors (Lipinski definition) is 0. The number of nitrogens with zero attached hydrogens (tertiary/aromatic N) is 3. The number of carbonyl (C=O) groups excluding carboxylic acids is 1. The molecule has 5 heteroatoms. The molecule has 2 rings (SSSR count). The Labute approximate surface area is 148 Å². The molecule has 1 heterocycles. The van der Waals surface area contributed by atoms with Crippen molar-refractivity contribution >= 4 is 6.09 Å². The first-order chi connectivity index (χ1) is 11.5. The van der Waals surface area contributed by atoms with Gasteiger partial charge in [-0.3, -0.25) is 9.80 Å². The van der Waals surface area contributed by atoms with Crippen LogP contribution in [0.3, 0.4) is 0 Å². The van der Waals surface area contributed by atoms with Crippen molar-refractivity contribution < 1.29 is 9.53 Å². The number of carbonyl (C=O) groups is 1. The van der Waals surface area contributed by atoms with Gasteiger partial charge in [0.25, 0.3) is 0 Å². The maximum Gasteiger partial charge on any atom is 0.410 e. The van der Waals surface area contributed by atoms with Gasteiger partial charge in [0, 0.05) is 51.4 Å². The summed E-state index contributed by atoms with van der Waals surface area (Å²) in [6.45, 7) is 14.8. The van der Waals surface area contributed by atoms with Crippen molar-refractivity contribution in [1.82, 2.24) is 14.7 Å². The minimum absolute atomic E-state index is 0.0902. The summed E-state index contributed by atoms with van der Waals surface area (Å²) in [5, 5.41) is 0. The molecule has 1 aliphatic heterocycles. The lowest BCUT2D eigenvalue weighted by Gasteiger charge is -2.37. The molecular formula is C19H37N3O2. The number of ether oxygens (including phenoxy) is 1. The summed E-state index contributed by atoms with van der Waals surface area (Å²) in [6, 6.07) is 1.16. The van der Waals surface area contributed by atoms with Crippen molar-refractivity contribution in [2.45, 2.75) is 78.0 Å². The molecule has 2 aliphatic rings. The monoisotopic (exact) mass is 339 g/mol. The van der Waals surface area contributed by atoms with Crippen molar-refractivity contribution in [3.05, 3.63) is 0 Å². The molecule has 0 radical (unpaired) electrons. The molecule has 2 fully saturated rings. The van der Waals surface area contributed by atoms with Crippen molar-refractivity contribution in [3.63, 3.8) is 0 Å². The van der Waals surface area contributed by atoms with E-state index in [9.17, 15) is 4.79 Å². The second-order valence-electron chi connectivity index (χ2n) is 7.90. The summed E-state index contributed by atoms with van der Waals surface area (Å²) in [7, 11) is 0. The average Bonchev–Trinajstić information content (AvgIpc) is 2.56. The van der Waals surface area contributed by atoms with Gasteiger partial charge in [0.05, 0.1) is 0 Å². The topological polar surface area (TPSA) is 36.0 Å². The Bertz CT molecular complexity index is 365. The van der Waals surface area contributed by atoms with Gasteiger partial charge in [0.2, 0.25) is 0 Å². The molecule has 1 saturated carbocycles. The largest absolute Gasteiger partial charge is 0.446 e. The van der Waals surface area contributed by atoms with E-state index < -0.39 is 0 Å². The van der Waals surface area contributed by atoms with Gasteiger partial charge in [-0.05, 0) is 53.4 Å². The van der Waals surface area contributed by atoms with E-state index in [4.69, 9.17) is 4.74 Å². The second kappa shape index (κ2) is 9.62. The molecule has 0 aromatic rings. The number of piperazine rings is 1. The van der Waals surface area contributed by atoms with Crippen LogP contribution in [0.15, 0.2) is 0 Å². The molecular weight excluding hydrogens is 302 g/mol. The van der Waals surface area contributed by atoms with E-state index in [1.54, 1.807) is 0 Å². The Morgan fingerprint density at radius 1 is 1.00 bits per heavy atom. The zero-order valence-electron chi connectivity index (χ0n) is 16.2. The summed E-state index contributed by atoms with van der Waals surface area (Å²) in [6.07, 6.45) is 5.86. The van der Waals surface area contributed by atoms with Gasteiger partial charge in [-0.1, -0.05) is 6.42 Å². The summed E-state index contributed by atoms with van der Waals surface area (Å²) < 4.78 is 5.69. The minimum Gasteiger partial charge on any atom is -0.446 e. The van der Waals surface area contributed by atoms with Crippen molar-refractivity contribution in [3.8, 4) is 0 Å². The standard InChI is InChI=1S/C19H37N3O2/c1-16(2)22(17(3)4)15-12-20-10-13-21(14-11-20)19(23)24-18-8-6-5-7-9-18/h16-18H,5-15H2,1-4H3. The van der Waals surface area contributed by atoms with Gasteiger partial charge in [-0.2, -0.15) is 0 Å².